The number of halogens is 1. The van der Waals surface area contributed by atoms with Crippen LogP contribution >= 0.6 is 34.7 Å². The largest absolute Gasteiger partial charge is 0.325 e. The van der Waals surface area contributed by atoms with Crippen LogP contribution in [0.5, 0.6) is 0 Å². The Morgan fingerprint density at radius 3 is 2.92 bits per heavy atom. The van der Waals surface area contributed by atoms with E-state index in [1.807, 2.05) is 24.4 Å². The van der Waals surface area contributed by atoms with Crippen LogP contribution < -0.4 is 10.9 Å². The molecule has 0 bridgehead atoms. The maximum absolute atomic E-state index is 12.5. The van der Waals surface area contributed by atoms with Crippen LogP contribution in [0.25, 0.3) is 10.2 Å². The Labute approximate surface area is 158 Å². The Morgan fingerprint density at radius 2 is 2.16 bits per heavy atom. The normalized spacial score (nSPS) is 12.3. The number of thiophene rings is 1. The highest BCUT2D eigenvalue weighted by atomic mass is 35.5. The molecule has 0 saturated heterocycles. The summed E-state index contributed by atoms with van der Waals surface area (Å²) in [6, 6.07) is 7.16. The Bertz CT molecular complexity index is 1010. The minimum atomic E-state index is -0.424. The predicted octanol–water partition coefficient (Wildman–Crippen LogP) is 4.08. The van der Waals surface area contributed by atoms with Gasteiger partial charge in [-0.25, -0.2) is 4.98 Å². The van der Waals surface area contributed by atoms with E-state index < -0.39 is 5.25 Å². The van der Waals surface area contributed by atoms with Crippen molar-refractivity contribution >= 4 is 56.5 Å². The van der Waals surface area contributed by atoms with Crippen LogP contribution in [-0.4, -0.2) is 20.7 Å². The number of nitrogens with zero attached hydrogens (tertiary/aromatic N) is 2. The standard InChI is InChI=1S/C17H16ClN3O2S2/c1-9-4-5-11(18)8-13(9)19-15(22)10(2)25-17-20-12-6-7-24-14(12)16(23)21(17)3/h4-8,10H,1-3H3,(H,19,22). The number of hydrogen-bond acceptors (Lipinski definition) is 5. The Kier molecular flexibility index (Phi) is 5.17. The average molecular weight is 394 g/mol. The maximum Gasteiger partial charge on any atom is 0.271 e. The maximum atomic E-state index is 12.5. The van der Waals surface area contributed by atoms with Gasteiger partial charge in [0.15, 0.2) is 5.16 Å². The van der Waals surface area contributed by atoms with E-state index in [4.69, 9.17) is 11.6 Å². The van der Waals surface area contributed by atoms with Gasteiger partial charge in [0.2, 0.25) is 5.91 Å². The fraction of sp³-hybridized carbons (Fsp3) is 0.235. The third-order valence-corrected chi connectivity index (χ3v) is 6.03. The van der Waals surface area contributed by atoms with Crippen molar-refractivity contribution in [3.05, 3.63) is 50.6 Å². The van der Waals surface area contributed by atoms with E-state index >= 15 is 0 Å². The molecule has 2 aromatic heterocycles. The summed E-state index contributed by atoms with van der Waals surface area (Å²) in [5.74, 6) is -0.171. The van der Waals surface area contributed by atoms with Crippen molar-refractivity contribution in [2.45, 2.75) is 24.3 Å². The lowest BCUT2D eigenvalue weighted by Gasteiger charge is -2.14. The van der Waals surface area contributed by atoms with Gasteiger partial charge < -0.3 is 5.32 Å². The van der Waals surface area contributed by atoms with Gasteiger partial charge in [0.05, 0.1) is 10.8 Å². The number of rotatable bonds is 4. The quantitative estimate of drug-likeness (QED) is 0.536. The first-order valence-electron chi connectivity index (χ1n) is 7.54. The van der Waals surface area contributed by atoms with Crippen LogP contribution in [0.15, 0.2) is 39.6 Å². The minimum Gasteiger partial charge on any atom is -0.325 e. The van der Waals surface area contributed by atoms with Crippen LogP contribution in [0.1, 0.15) is 12.5 Å². The van der Waals surface area contributed by atoms with E-state index in [0.29, 0.717) is 26.1 Å². The summed E-state index contributed by atoms with van der Waals surface area (Å²) in [6.07, 6.45) is 0. The first kappa shape index (κ1) is 18.0. The number of nitrogens with one attached hydrogen (secondary N) is 1. The number of amides is 1. The van der Waals surface area contributed by atoms with Crippen molar-refractivity contribution in [3.63, 3.8) is 0 Å². The van der Waals surface area contributed by atoms with Crippen LogP contribution in [-0.2, 0) is 11.8 Å². The van der Waals surface area contributed by atoms with Gasteiger partial charge in [-0.05, 0) is 43.0 Å². The molecule has 3 aromatic rings. The molecule has 1 atom stereocenters. The van der Waals surface area contributed by atoms with Gasteiger partial charge in [0, 0.05) is 17.8 Å². The highest BCUT2D eigenvalue weighted by Crippen LogP contribution is 2.26. The van der Waals surface area contributed by atoms with E-state index in [1.54, 1.807) is 26.1 Å². The monoisotopic (exact) mass is 393 g/mol. The molecule has 0 spiro atoms. The second kappa shape index (κ2) is 7.19. The molecule has 0 radical (unpaired) electrons. The second-order valence-corrected chi connectivity index (χ2v) is 8.26. The molecule has 130 valence electrons. The Morgan fingerprint density at radius 1 is 1.40 bits per heavy atom. The van der Waals surface area contributed by atoms with Crippen molar-refractivity contribution in [1.29, 1.82) is 0 Å². The molecule has 0 fully saturated rings. The van der Waals surface area contributed by atoms with Gasteiger partial charge in [-0.2, -0.15) is 0 Å². The summed E-state index contributed by atoms with van der Waals surface area (Å²) in [5, 5.41) is 5.37. The molecule has 25 heavy (non-hydrogen) atoms. The number of benzene rings is 1. The molecule has 1 N–H and O–H groups in total. The number of aryl methyl sites for hydroxylation is 1. The lowest BCUT2D eigenvalue weighted by molar-refractivity contribution is -0.115. The number of carbonyl (C=O) groups excluding carboxylic acids is 1. The van der Waals surface area contributed by atoms with Crippen LogP contribution in [0, 0.1) is 6.92 Å². The number of anilines is 1. The third kappa shape index (κ3) is 3.73. The van der Waals surface area contributed by atoms with Crippen LogP contribution in [0.4, 0.5) is 5.69 Å². The first-order chi connectivity index (χ1) is 11.9. The van der Waals surface area contributed by atoms with E-state index in [9.17, 15) is 9.59 Å². The van der Waals surface area contributed by atoms with E-state index in [1.165, 1.54) is 27.7 Å². The van der Waals surface area contributed by atoms with Gasteiger partial charge in [-0.15, -0.1) is 11.3 Å². The van der Waals surface area contributed by atoms with Gasteiger partial charge in [-0.3, -0.25) is 14.2 Å². The molecule has 5 nitrogen and oxygen atoms in total. The molecule has 1 amide bonds. The van der Waals surface area contributed by atoms with E-state index in [0.717, 1.165) is 5.56 Å². The Balaban J connectivity index is 1.81. The molecule has 1 aromatic carbocycles. The first-order valence-corrected chi connectivity index (χ1v) is 9.68. The fourth-order valence-corrected chi connectivity index (χ4v) is 4.10. The summed E-state index contributed by atoms with van der Waals surface area (Å²) in [7, 11) is 1.67. The summed E-state index contributed by atoms with van der Waals surface area (Å²) >= 11 is 8.61. The van der Waals surface area contributed by atoms with Gasteiger partial charge >= 0.3 is 0 Å². The smallest absolute Gasteiger partial charge is 0.271 e. The van der Waals surface area contributed by atoms with Crippen LogP contribution in [0.3, 0.4) is 0 Å². The lowest BCUT2D eigenvalue weighted by atomic mass is 10.2. The van der Waals surface area contributed by atoms with E-state index in [2.05, 4.69) is 10.3 Å². The topological polar surface area (TPSA) is 64.0 Å². The summed E-state index contributed by atoms with van der Waals surface area (Å²) in [5.41, 5.74) is 2.18. The zero-order chi connectivity index (χ0) is 18.1. The fourth-order valence-electron chi connectivity index (χ4n) is 2.25. The van der Waals surface area contributed by atoms with E-state index in [-0.39, 0.29) is 11.5 Å². The predicted molar refractivity (Wildman–Crippen MR) is 105 cm³/mol. The molecule has 0 aliphatic heterocycles. The molecule has 1 unspecified atom stereocenters. The molecule has 8 heteroatoms. The molecular weight excluding hydrogens is 378 g/mol. The van der Waals surface area contributed by atoms with Crippen LogP contribution in [0.2, 0.25) is 5.02 Å². The van der Waals surface area contributed by atoms with Crippen molar-refractivity contribution in [1.82, 2.24) is 9.55 Å². The summed E-state index contributed by atoms with van der Waals surface area (Å²) in [6.45, 7) is 3.68. The highest BCUT2D eigenvalue weighted by molar-refractivity contribution is 8.00. The molecular formula is C17H16ClN3O2S2. The molecule has 2 heterocycles. The number of thioether (sulfide) groups is 1. The van der Waals surface area contributed by atoms with Crippen molar-refractivity contribution < 1.29 is 4.79 Å². The molecule has 0 aliphatic carbocycles. The summed E-state index contributed by atoms with van der Waals surface area (Å²) in [4.78, 5) is 29.3. The SMILES string of the molecule is Cc1ccc(Cl)cc1NC(=O)C(C)Sc1nc2ccsc2c(=O)n1C. The minimum absolute atomic E-state index is 0.0965. The van der Waals surface area contributed by atoms with Gasteiger partial charge in [0.1, 0.15) is 4.70 Å². The second-order valence-electron chi connectivity index (χ2n) is 5.60. The number of aromatic nitrogens is 2. The number of fused-ring (bicyclic) bond motifs is 1. The summed E-state index contributed by atoms with van der Waals surface area (Å²) < 4.78 is 2.11. The molecule has 0 aliphatic rings. The van der Waals surface area contributed by atoms with Crippen molar-refractivity contribution in [2.24, 2.45) is 7.05 Å². The van der Waals surface area contributed by atoms with Gasteiger partial charge in [-0.1, -0.05) is 29.4 Å². The molecule has 0 saturated carbocycles. The highest BCUT2D eigenvalue weighted by Gasteiger charge is 2.19. The Hall–Kier alpha value is -1.83. The number of carbonyl (C=O) groups is 1. The average Bonchev–Trinajstić information content (AvgIpc) is 3.04. The zero-order valence-corrected chi connectivity index (χ0v) is 16.3. The molecule has 3 rings (SSSR count). The van der Waals surface area contributed by atoms with Crippen molar-refractivity contribution in [3.8, 4) is 0 Å². The van der Waals surface area contributed by atoms with Gasteiger partial charge in [0.25, 0.3) is 5.56 Å². The third-order valence-electron chi connectivity index (χ3n) is 3.76. The zero-order valence-electron chi connectivity index (χ0n) is 13.9. The van der Waals surface area contributed by atoms with Crippen molar-refractivity contribution in [2.75, 3.05) is 5.32 Å². The number of hydrogen-bond donors (Lipinski definition) is 1. The lowest BCUT2D eigenvalue weighted by Crippen LogP contribution is -2.25.